The summed E-state index contributed by atoms with van der Waals surface area (Å²) in [6.45, 7) is 1.73. The minimum absolute atomic E-state index is 0.00648. The molecule has 1 aromatic carbocycles. The molecule has 1 saturated heterocycles. The average Bonchev–Trinajstić information content (AvgIpc) is 3.01. The Bertz CT molecular complexity index is 530. The summed E-state index contributed by atoms with van der Waals surface area (Å²) in [4.78, 5) is 14.7. The van der Waals surface area contributed by atoms with Crippen LogP contribution in [0.5, 0.6) is 5.75 Å². The summed E-state index contributed by atoms with van der Waals surface area (Å²) in [5.74, 6) is 1.05. The highest BCUT2D eigenvalue weighted by Crippen LogP contribution is 2.32. The van der Waals surface area contributed by atoms with Crippen molar-refractivity contribution in [2.45, 2.75) is 37.8 Å². The number of ether oxygens (including phenoxy) is 2. The van der Waals surface area contributed by atoms with E-state index in [9.17, 15) is 9.90 Å². The third-order valence-electron chi connectivity index (χ3n) is 5.03. The zero-order valence-electron chi connectivity index (χ0n) is 13.6. The minimum Gasteiger partial charge on any atom is -0.497 e. The van der Waals surface area contributed by atoms with Crippen LogP contribution in [0.3, 0.4) is 0 Å². The van der Waals surface area contributed by atoms with E-state index in [1.165, 1.54) is 0 Å². The van der Waals surface area contributed by atoms with Crippen LogP contribution in [-0.2, 0) is 16.0 Å². The summed E-state index contributed by atoms with van der Waals surface area (Å²) >= 11 is 0. The van der Waals surface area contributed by atoms with Gasteiger partial charge >= 0.3 is 0 Å². The Kier molecular flexibility index (Phi) is 5.18. The van der Waals surface area contributed by atoms with Crippen molar-refractivity contribution in [3.05, 3.63) is 29.8 Å². The van der Waals surface area contributed by atoms with Crippen LogP contribution in [-0.4, -0.2) is 54.9 Å². The van der Waals surface area contributed by atoms with Crippen molar-refractivity contribution in [1.29, 1.82) is 0 Å². The van der Waals surface area contributed by atoms with Crippen molar-refractivity contribution >= 4 is 5.91 Å². The number of hydrogen-bond acceptors (Lipinski definition) is 4. The maximum atomic E-state index is 12.8. The van der Waals surface area contributed by atoms with E-state index < -0.39 is 0 Å². The molecule has 0 spiro atoms. The first-order valence-corrected chi connectivity index (χ1v) is 8.37. The van der Waals surface area contributed by atoms with Crippen LogP contribution in [0, 0.1) is 5.92 Å². The van der Waals surface area contributed by atoms with Gasteiger partial charge in [-0.25, -0.2) is 0 Å². The molecule has 0 aromatic heterocycles. The van der Waals surface area contributed by atoms with Crippen LogP contribution >= 0.6 is 0 Å². The summed E-state index contributed by atoms with van der Waals surface area (Å²) in [7, 11) is 1.63. The van der Waals surface area contributed by atoms with Crippen LogP contribution in [0.1, 0.15) is 24.8 Å². The quantitative estimate of drug-likeness (QED) is 0.916. The molecule has 1 amide bonds. The van der Waals surface area contributed by atoms with Gasteiger partial charge in [-0.1, -0.05) is 18.6 Å². The fourth-order valence-corrected chi connectivity index (χ4v) is 3.72. The number of carbonyl (C=O) groups is 1. The lowest BCUT2D eigenvalue weighted by Gasteiger charge is -2.40. The molecule has 1 N–H and O–H groups in total. The number of morpholine rings is 1. The monoisotopic (exact) mass is 319 g/mol. The molecule has 1 heterocycles. The van der Waals surface area contributed by atoms with Gasteiger partial charge in [-0.15, -0.1) is 0 Å². The van der Waals surface area contributed by atoms with Gasteiger partial charge in [0.2, 0.25) is 5.91 Å². The van der Waals surface area contributed by atoms with Gasteiger partial charge in [0.15, 0.2) is 0 Å². The minimum atomic E-state index is -0.307. The molecule has 1 aliphatic carbocycles. The first-order valence-electron chi connectivity index (χ1n) is 8.37. The Balaban J connectivity index is 1.68. The Morgan fingerprint density at radius 3 is 2.78 bits per heavy atom. The van der Waals surface area contributed by atoms with Crippen molar-refractivity contribution in [1.82, 2.24) is 4.90 Å². The number of nitrogens with zero attached hydrogens (tertiary/aromatic N) is 1. The smallest absolute Gasteiger partial charge is 0.227 e. The predicted molar refractivity (Wildman–Crippen MR) is 86.4 cm³/mol. The second-order valence-electron chi connectivity index (χ2n) is 6.42. The number of rotatable bonds is 4. The van der Waals surface area contributed by atoms with Crippen LogP contribution in [0.15, 0.2) is 24.3 Å². The van der Waals surface area contributed by atoms with Gasteiger partial charge in [0.1, 0.15) is 5.75 Å². The first kappa shape index (κ1) is 16.3. The van der Waals surface area contributed by atoms with E-state index in [0.29, 0.717) is 26.2 Å². The third kappa shape index (κ3) is 3.67. The molecule has 23 heavy (non-hydrogen) atoms. The molecule has 0 unspecified atom stereocenters. The van der Waals surface area contributed by atoms with Gasteiger partial charge in [0.05, 0.1) is 38.9 Å². The van der Waals surface area contributed by atoms with Crippen molar-refractivity contribution in [2.24, 2.45) is 5.92 Å². The average molecular weight is 319 g/mol. The van der Waals surface area contributed by atoms with Gasteiger partial charge in [-0.3, -0.25) is 4.79 Å². The molecule has 126 valence electrons. The number of hydrogen-bond donors (Lipinski definition) is 1. The van der Waals surface area contributed by atoms with E-state index in [4.69, 9.17) is 9.47 Å². The summed E-state index contributed by atoms with van der Waals surface area (Å²) in [6, 6.07) is 7.61. The van der Waals surface area contributed by atoms with Gasteiger partial charge in [-0.05, 0) is 30.5 Å². The summed E-state index contributed by atoms with van der Waals surface area (Å²) < 4.78 is 10.7. The molecule has 1 aromatic rings. The molecule has 5 nitrogen and oxygen atoms in total. The zero-order chi connectivity index (χ0) is 16.2. The Hall–Kier alpha value is -1.59. The standard InChI is InChI=1S/C18H25NO4/c1-22-14-7-5-13(6-8-14)11-18(21)19-9-10-23-12-16(19)15-3-2-4-17(15)20/h5-8,15-17,20H,2-4,9-12H2,1H3/t15-,16+,17-/m0/s1. The number of amides is 1. The topological polar surface area (TPSA) is 59.0 Å². The van der Waals surface area contributed by atoms with E-state index >= 15 is 0 Å². The van der Waals surface area contributed by atoms with E-state index in [1.54, 1.807) is 7.11 Å². The van der Waals surface area contributed by atoms with Crippen LogP contribution < -0.4 is 4.74 Å². The maximum absolute atomic E-state index is 12.8. The highest BCUT2D eigenvalue weighted by Gasteiger charge is 2.39. The molecule has 1 saturated carbocycles. The lowest BCUT2D eigenvalue weighted by molar-refractivity contribution is -0.143. The number of aliphatic hydroxyl groups is 1. The first-order chi connectivity index (χ1) is 11.2. The lowest BCUT2D eigenvalue weighted by atomic mass is 9.93. The zero-order valence-corrected chi connectivity index (χ0v) is 13.6. The van der Waals surface area contributed by atoms with Crippen LogP contribution in [0.2, 0.25) is 0 Å². The van der Waals surface area contributed by atoms with Crippen molar-refractivity contribution in [3.8, 4) is 5.75 Å². The van der Waals surface area contributed by atoms with E-state index in [-0.39, 0.29) is 24.0 Å². The molecular formula is C18H25NO4. The third-order valence-corrected chi connectivity index (χ3v) is 5.03. The van der Waals surface area contributed by atoms with Gasteiger partial charge in [0.25, 0.3) is 0 Å². The molecule has 3 atom stereocenters. The highest BCUT2D eigenvalue weighted by atomic mass is 16.5. The van der Waals surface area contributed by atoms with E-state index in [2.05, 4.69) is 0 Å². The van der Waals surface area contributed by atoms with E-state index in [0.717, 1.165) is 30.6 Å². The molecule has 2 aliphatic rings. The molecule has 0 bridgehead atoms. The summed E-state index contributed by atoms with van der Waals surface area (Å²) in [5, 5.41) is 10.2. The van der Waals surface area contributed by atoms with Crippen molar-refractivity contribution in [3.63, 3.8) is 0 Å². The van der Waals surface area contributed by atoms with E-state index in [1.807, 2.05) is 29.2 Å². The number of benzene rings is 1. The molecular weight excluding hydrogens is 294 g/mol. The fourth-order valence-electron chi connectivity index (χ4n) is 3.72. The summed E-state index contributed by atoms with van der Waals surface area (Å²) in [5.41, 5.74) is 0.980. The number of carbonyl (C=O) groups excluding carboxylic acids is 1. The van der Waals surface area contributed by atoms with Crippen LogP contribution in [0.4, 0.5) is 0 Å². The van der Waals surface area contributed by atoms with Crippen molar-refractivity contribution < 1.29 is 19.4 Å². The van der Waals surface area contributed by atoms with Gasteiger partial charge < -0.3 is 19.5 Å². The molecule has 0 radical (unpaired) electrons. The SMILES string of the molecule is COc1ccc(CC(=O)N2CCOC[C@@H]2[C@@H]2CCC[C@@H]2O)cc1. The Labute approximate surface area is 137 Å². The molecule has 1 aliphatic heterocycles. The highest BCUT2D eigenvalue weighted by molar-refractivity contribution is 5.79. The van der Waals surface area contributed by atoms with Crippen LogP contribution in [0.25, 0.3) is 0 Å². The molecule has 2 fully saturated rings. The van der Waals surface area contributed by atoms with Gasteiger partial charge in [-0.2, -0.15) is 0 Å². The number of aliphatic hydroxyl groups excluding tert-OH is 1. The Morgan fingerprint density at radius 2 is 2.13 bits per heavy atom. The largest absolute Gasteiger partial charge is 0.497 e. The second kappa shape index (κ2) is 7.32. The van der Waals surface area contributed by atoms with Gasteiger partial charge in [0, 0.05) is 12.5 Å². The second-order valence-corrected chi connectivity index (χ2v) is 6.42. The maximum Gasteiger partial charge on any atom is 0.227 e. The molecule has 5 heteroatoms. The lowest BCUT2D eigenvalue weighted by Crippen LogP contribution is -2.54. The number of methoxy groups -OCH3 is 1. The predicted octanol–water partition coefficient (Wildman–Crippen LogP) is 1.63. The summed E-state index contributed by atoms with van der Waals surface area (Å²) in [6.07, 6.45) is 2.91. The normalized spacial score (nSPS) is 27.9. The Morgan fingerprint density at radius 1 is 1.35 bits per heavy atom. The van der Waals surface area contributed by atoms with Crippen molar-refractivity contribution in [2.75, 3.05) is 26.9 Å². The fraction of sp³-hybridized carbons (Fsp3) is 0.611. The molecule has 3 rings (SSSR count).